The van der Waals surface area contributed by atoms with E-state index in [9.17, 15) is 0 Å². The van der Waals surface area contributed by atoms with Crippen molar-refractivity contribution >= 4 is 22.5 Å². The number of hydrogen-bond acceptors (Lipinski definition) is 3. The van der Waals surface area contributed by atoms with Crippen LogP contribution in [-0.4, -0.2) is 23.5 Å². The Morgan fingerprint density at radius 2 is 2.24 bits per heavy atom. The Morgan fingerprint density at radius 1 is 1.35 bits per heavy atom. The van der Waals surface area contributed by atoms with E-state index in [1.54, 1.807) is 0 Å². The van der Waals surface area contributed by atoms with Gasteiger partial charge in [0.15, 0.2) is 0 Å². The monoisotopic (exact) mass is 246 g/mol. The molecule has 1 unspecified atom stereocenters. The molecule has 1 aromatic carbocycles. The van der Waals surface area contributed by atoms with Crippen molar-refractivity contribution in [3.8, 4) is 0 Å². The minimum Gasteiger partial charge on any atom is -0.309 e. The topological polar surface area (TPSA) is 24.9 Å². The molecule has 1 N–H and O–H groups in total. The molecule has 17 heavy (non-hydrogen) atoms. The van der Waals surface area contributed by atoms with Crippen LogP contribution >= 0.6 is 11.8 Å². The number of fused-ring (bicyclic) bond motifs is 1. The summed E-state index contributed by atoms with van der Waals surface area (Å²) in [4.78, 5) is 4.18. The number of nitrogens with one attached hydrogen (secondary N) is 1. The van der Waals surface area contributed by atoms with Gasteiger partial charge in [0.1, 0.15) is 0 Å². The number of hydrogen-bond donors (Lipinski definition) is 1. The van der Waals surface area contributed by atoms with E-state index in [1.165, 1.54) is 16.3 Å². The first-order chi connectivity index (χ1) is 8.36. The second-order valence-corrected chi connectivity index (χ2v) is 4.92. The van der Waals surface area contributed by atoms with Crippen molar-refractivity contribution in [3.05, 3.63) is 42.2 Å². The predicted octanol–water partition coefficient (Wildman–Crippen LogP) is 3.25. The van der Waals surface area contributed by atoms with Crippen molar-refractivity contribution in [2.75, 3.05) is 18.6 Å². The third-order valence-electron chi connectivity index (χ3n) is 2.87. The van der Waals surface area contributed by atoms with Crippen molar-refractivity contribution in [1.82, 2.24) is 10.3 Å². The van der Waals surface area contributed by atoms with Crippen molar-refractivity contribution < 1.29 is 0 Å². The molecule has 1 atom stereocenters. The van der Waals surface area contributed by atoms with Crippen LogP contribution in [0.3, 0.4) is 0 Å². The van der Waals surface area contributed by atoms with Crippen LogP contribution in [-0.2, 0) is 0 Å². The highest BCUT2D eigenvalue weighted by atomic mass is 32.2. The minimum atomic E-state index is 0.418. The van der Waals surface area contributed by atoms with Crippen LogP contribution in [0.2, 0.25) is 0 Å². The molecule has 0 bridgehead atoms. The molecule has 90 valence electrons. The van der Waals surface area contributed by atoms with Gasteiger partial charge in [-0.25, -0.2) is 0 Å². The lowest BCUT2D eigenvalue weighted by atomic mass is 10.0. The number of aromatic nitrogens is 1. The second-order valence-electron chi connectivity index (χ2n) is 4.01. The average Bonchev–Trinajstić information content (AvgIpc) is 2.38. The van der Waals surface area contributed by atoms with E-state index in [0.29, 0.717) is 6.04 Å². The Bertz CT molecular complexity index is 473. The lowest BCUT2D eigenvalue weighted by Gasteiger charge is -2.19. The highest BCUT2D eigenvalue weighted by Gasteiger charge is 2.12. The summed E-state index contributed by atoms with van der Waals surface area (Å²) in [6.07, 6.45) is 5.95. The van der Waals surface area contributed by atoms with Crippen LogP contribution in [0.15, 0.2) is 36.7 Å². The van der Waals surface area contributed by atoms with Gasteiger partial charge in [-0.1, -0.05) is 25.1 Å². The Balaban J connectivity index is 2.44. The van der Waals surface area contributed by atoms with Gasteiger partial charge in [-0.3, -0.25) is 4.98 Å². The summed E-state index contributed by atoms with van der Waals surface area (Å²) in [5.41, 5.74) is 1.38. The largest absolute Gasteiger partial charge is 0.309 e. The summed E-state index contributed by atoms with van der Waals surface area (Å²) < 4.78 is 0. The molecular formula is C14H18N2S. The van der Waals surface area contributed by atoms with Gasteiger partial charge in [-0.05, 0) is 29.8 Å². The van der Waals surface area contributed by atoms with Gasteiger partial charge in [0.25, 0.3) is 0 Å². The maximum atomic E-state index is 4.18. The van der Waals surface area contributed by atoms with Gasteiger partial charge >= 0.3 is 0 Å². The lowest BCUT2D eigenvalue weighted by molar-refractivity contribution is 0.610. The van der Waals surface area contributed by atoms with Crippen LogP contribution < -0.4 is 5.32 Å². The molecule has 0 spiro atoms. The van der Waals surface area contributed by atoms with E-state index in [4.69, 9.17) is 0 Å². The fourth-order valence-corrected chi connectivity index (χ4v) is 2.75. The van der Waals surface area contributed by atoms with Crippen LogP contribution in [0.4, 0.5) is 0 Å². The van der Waals surface area contributed by atoms with E-state index in [0.717, 1.165) is 12.3 Å². The summed E-state index contributed by atoms with van der Waals surface area (Å²) in [5, 5.41) is 6.08. The zero-order chi connectivity index (χ0) is 12.1. The van der Waals surface area contributed by atoms with Crippen molar-refractivity contribution in [3.63, 3.8) is 0 Å². The van der Waals surface area contributed by atoms with Gasteiger partial charge in [-0.15, -0.1) is 0 Å². The standard InChI is InChI=1S/C14H18N2S/c1-3-16-14(10-17-2)13-6-4-5-11-9-15-8-7-12(11)13/h4-9,14,16H,3,10H2,1-2H3. The zero-order valence-electron chi connectivity index (χ0n) is 10.3. The molecular weight excluding hydrogens is 228 g/mol. The Hall–Kier alpha value is -1.06. The molecule has 0 saturated heterocycles. The van der Waals surface area contributed by atoms with Gasteiger partial charge in [-0.2, -0.15) is 11.8 Å². The predicted molar refractivity (Wildman–Crippen MR) is 76.5 cm³/mol. The first kappa shape index (κ1) is 12.4. The molecule has 0 aliphatic carbocycles. The molecule has 2 aromatic rings. The third-order valence-corrected chi connectivity index (χ3v) is 3.54. The molecule has 2 nitrogen and oxygen atoms in total. The molecule has 0 amide bonds. The fourth-order valence-electron chi connectivity index (χ4n) is 2.12. The van der Waals surface area contributed by atoms with Crippen LogP contribution in [0.25, 0.3) is 10.8 Å². The number of rotatable bonds is 5. The molecule has 1 heterocycles. The molecule has 0 radical (unpaired) electrons. The molecule has 0 saturated carbocycles. The highest BCUT2D eigenvalue weighted by Crippen LogP contribution is 2.25. The molecule has 0 aliphatic rings. The quantitative estimate of drug-likeness (QED) is 0.876. The van der Waals surface area contributed by atoms with E-state index in [2.05, 4.69) is 47.7 Å². The number of thioether (sulfide) groups is 1. The second kappa shape index (κ2) is 6.03. The first-order valence-corrected chi connectivity index (χ1v) is 7.31. The maximum Gasteiger partial charge on any atom is 0.0417 e. The Kier molecular flexibility index (Phi) is 4.40. The molecule has 2 rings (SSSR count). The van der Waals surface area contributed by atoms with Crippen molar-refractivity contribution in [1.29, 1.82) is 0 Å². The number of benzene rings is 1. The molecule has 1 aromatic heterocycles. The highest BCUT2D eigenvalue weighted by molar-refractivity contribution is 7.98. The van der Waals surface area contributed by atoms with E-state index in [-0.39, 0.29) is 0 Å². The summed E-state index contributed by atoms with van der Waals surface area (Å²) >= 11 is 1.87. The SMILES string of the molecule is CCNC(CSC)c1cccc2cnccc12. The van der Waals surface area contributed by atoms with Crippen molar-refractivity contribution in [2.45, 2.75) is 13.0 Å². The van der Waals surface area contributed by atoms with Gasteiger partial charge in [0.05, 0.1) is 0 Å². The smallest absolute Gasteiger partial charge is 0.0417 e. The fraction of sp³-hybridized carbons (Fsp3) is 0.357. The van der Waals surface area contributed by atoms with E-state index in [1.807, 2.05) is 24.2 Å². The third kappa shape index (κ3) is 2.79. The van der Waals surface area contributed by atoms with Crippen LogP contribution in [0.5, 0.6) is 0 Å². The summed E-state index contributed by atoms with van der Waals surface area (Å²) in [6.45, 7) is 3.15. The van der Waals surface area contributed by atoms with Crippen LogP contribution in [0, 0.1) is 0 Å². The molecule has 0 aliphatic heterocycles. The minimum absolute atomic E-state index is 0.418. The van der Waals surface area contributed by atoms with Gasteiger partial charge < -0.3 is 5.32 Å². The lowest BCUT2D eigenvalue weighted by Crippen LogP contribution is -2.23. The van der Waals surface area contributed by atoms with E-state index < -0.39 is 0 Å². The zero-order valence-corrected chi connectivity index (χ0v) is 11.1. The Labute approximate surface area is 107 Å². The van der Waals surface area contributed by atoms with Crippen LogP contribution in [0.1, 0.15) is 18.5 Å². The Morgan fingerprint density at radius 3 is 3.00 bits per heavy atom. The summed E-state index contributed by atoms with van der Waals surface area (Å²) in [7, 11) is 0. The van der Waals surface area contributed by atoms with Gasteiger partial charge in [0, 0.05) is 29.6 Å². The van der Waals surface area contributed by atoms with E-state index >= 15 is 0 Å². The normalized spacial score (nSPS) is 12.8. The van der Waals surface area contributed by atoms with Gasteiger partial charge in [0.2, 0.25) is 0 Å². The average molecular weight is 246 g/mol. The number of nitrogens with zero attached hydrogens (tertiary/aromatic N) is 1. The molecule has 0 fully saturated rings. The molecule has 3 heteroatoms. The number of pyridine rings is 1. The summed E-state index contributed by atoms with van der Waals surface area (Å²) in [5.74, 6) is 1.09. The summed E-state index contributed by atoms with van der Waals surface area (Å²) in [6, 6.07) is 8.97. The maximum absolute atomic E-state index is 4.18. The first-order valence-electron chi connectivity index (χ1n) is 5.91. The van der Waals surface area contributed by atoms with Crippen molar-refractivity contribution in [2.24, 2.45) is 0 Å².